The van der Waals surface area contributed by atoms with E-state index >= 15 is 0 Å². The Balaban J connectivity index is 2.21. The third-order valence-corrected chi connectivity index (χ3v) is 6.75. The molecule has 0 bridgehead atoms. The zero-order valence-electron chi connectivity index (χ0n) is 8.07. The van der Waals surface area contributed by atoms with E-state index in [-0.39, 0.29) is 17.3 Å². The average Bonchev–Trinajstić information content (AvgIpc) is 2.70. The Bertz CT molecular complexity index is 515. The SMILES string of the molecule is O=C(c1cc(Br)c(Cl)s1)C1CCS(=O)(=O)C1. The normalized spacial score (nSPS) is 23.5. The minimum Gasteiger partial charge on any atom is -0.293 e. The number of ketones is 1. The number of hydrogen-bond acceptors (Lipinski definition) is 4. The quantitative estimate of drug-likeness (QED) is 0.776. The third kappa shape index (κ3) is 2.50. The van der Waals surface area contributed by atoms with Gasteiger partial charge in [-0.3, -0.25) is 4.79 Å². The van der Waals surface area contributed by atoms with Crippen molar-refractivity contribution in [3.05, 3.63) is 19.8 Å². The minimum absolute atomic E-state index is 0.0288. The van der Waals surface area contributed by atoms with Gasteiger partial charge in [-0.2, -0.15) is 0 Å². The van der Waals surface area contributed by atoms with E-state index in [4.69, 9.17) is 11.6 Å². The lowest BCUT2D eigenvalue weighted by atomic mass is 10.0. The van der Waals surface area contributed by atoms with Crippen LogP contribution in [0.1, 0.15) is 16.1 Å². The molecule has 0 radical (unpaired) electrons. The lowest BCUT2D eigenvalue weighted by Crippen LogP contribution is -2.14. The fourth-order valence-electron chi connectivity index (χ4n) is 1.67. The number of rotatable bonds is 2. The molecular weight excluding hydrogens is 336 g/mol. The number of thiophene rings is 1. The van der Waals surface area contributed by atoms with Crippen LogP contribution in [0, 0.1) is 5.92 Å². The molecule has 2 heterocycles. The van der Waals surface area contributed by atoms with Gasteiger partial charge in [-0.25, -0.2) is 8.42 Å². The van der Waals surface area contributed by atoms with Crippen molar-refractivity contribution in [2.75, 3.05) is 11.5 Å². The lowest BCUT2D eigenvalue weighted by Gasteiger charge is -2.02. The summed E-state index contributed by atoms with van der Waals surface area (Å²) in [5, 5.41) is 0. The molecule has 0 spiro atoms. The van der Waals surface area contributed by atoms with E-state index < -0.39 is 15.8 Å². The number of Topliss-reactive ketones (excluding diaryl/α,β-unsaturated/α-hetero) is 1. The maximum Gasteiger partial charge on any atom is 0.176 e. The van der Waals surface area contributed by atoms with Crippen molar-refractivity contribution in [3.63, 3.8) is 0 Å². The van der Waals surface area contributed by atoms with Crippen molar-refractivity contribution in [1.29, 1.82) is 0 Å². The molecule has 1 unspecified atom stereocenters. The molecule has 88 valence electrons. The highest BCUT2D eigenvalue weighted by Gasteiger charge is 2.34. The number of halogens is 2. The molecule has 1 aliphatic heterocycles. The van der Waals surface area contributed by atoms with Gasteiger partial charge < -0.3 is 0 Å². The van der Waals surface area contributed by atoms with Gasteiger partial charge in [0.2, 0.25) is 0 Å². The summed E-state index contributed by atoms with van der Waals surface area (Å²) < 4.78 is 23.7. The maximum absolute atomic E-state index is 12.0. The Hall–Kier alpha value is 0.0900. The topological polar surface area (TPSA) is 51.2 Å². The van der Waals surface area contributed by atoms with Crippen LogP contribution < -0.4 is 0 Å². The van der Waals surface area contributed by atoms with E-state index in [0.717, 1.165) is 0 Å². The van der Waals surface area contributed by atoms with Gasteiger partial charge in [-0.1, -0.05) is 11.6 Å². The van der Waals surface area contributed by atoms with Gasteiger partial charge in [0.25, 0.3) is 0 Å². The summed E-state index contributed by atoms with van der Waals surface area (Å²) in [5.74, 6) is -0.423. The van der Waals surface area contributed by atoms with Crippen LogP contribution in [0.4, 0.5) is 0 Å². The van der Waals surface area contributed by atoms with Crippen molar-refractivity contribution in [2.45, 2.75) is 6.42 Å². The molecule has 0 N–H and O–H groups in total. The second-order valence-corrected chi connectivity index (χ2v) is 8.43. The van der Waals surface area contributed by atoms with Crippen LogP contribution in [0.2, 0.25) is 4.34 Å². The molecule has 16 heavy (non-hydrogen) atoms. The number of hydrogen-bond donors (Lipinski definition) is 0. The first-order valence-electron chi connectivity index (χ1n) is 4.58. The Morgan fingerprint density at radius 1 is 1.56 bits per heavy atom. The van der Waals surface area contributed by atoms with Gasteiger partial charge in [-0.15, -0.1) is 11.3 Å². The highest BCUT2D eigenvalue weighted by Crippen LogP contribution is 2.34. The monoisotopic (exact) mass is 342 g/mol. The Kier molecular flexibility index (Phi) is 3.45. The van der Waals surface area contributed by atoms with E-state index in [9.17, 15) is 13.2 Å². The third-order valence-electron chi connectivity index (χ3n) is 2.49. The second kappa shape index (κ2) is 4.40. The fraction of sp³-hybridized carbons (Fsp3) is 0.444. The fourth-order valence-corrected chi connectivity index (χ4v) is 5.13. The van der Waals surface area contributed by atoms with E-state index in [1.165, 1.54) is 11.3 Å². The summed E-state index contributed by atoms with van der Waals surface area (Å²) in [5.41, 5.74) is 0. The highest BCUT2D eigenvalue weighted by molar-refractivity contribution is 9.10. The summed E-state index contributed by atoms with van der Waals surface area (Å²) >= 11 is 10.2. The summed E-state index contributed by atoms with van der Waals surface area (Å²) in [6.45, 7) is 0. The van der Waals surface area contributed by atoms with E-state index in [1.54, 1.807) is 6.07 Å². The number of carbonyl (C=O) groups excluding carboxylic acids is 1. The first-order chi connectivity index (χ1) is 7.39. The summed E-state index contributed by atoms with van der Waals surface area (Å²) in [7, 11) is -3.01. The molecule has 0 amide bonds. The number of carbonyl (C=O) groups is 1. The standard InChI is InChI=1S/C9H8BrClO3S2/c10-6-3-7(15-9(6)11)8(12)5-1-2-16(13,14)4-5/h3,5H,1-2,4H2. The van der Waals surface area contributed by atoms with Gasteiger partial charge >= 0.3 is 0 Å². The van der Waals surface area contributed by atoms with Gasteiger partial charge in [-0.05, 0) is 28.4 Å². The van der Waals surface area contributed by atoms with E-state index in [0.29, 0.717) is 20.1 Å². The van der Waals surface area contributed by atoms with Crippen molar-refractivity contribution in [2.24, 2.45) is 5.92 Å². The predicted octanol–water partition coefficient (Wildman–Crippen LogP) is 2.78. The molecule has 7 heteroatoms. The van der Waals surface area contributed by atoms with Crippen LogP contribution in [0.5, 0.6) is 0 Å². The summed E-state index contributed by atoms with van der Waals surface area (Å²) in [4.78, 5) is 12.5. The van der Waals surface area contributed by atoms with Crippen molar-refractivity contribution in [1.82, 2.24) is 0 Å². The van der Waals surface area contributed by atoms with Crippen LogP contribution in [0.25, 0.3) is 0 Å². The Morgan fingerprint density at radius 3 is 2.69 bits per heavy atom. The average molecular weight is 344 g/mol. The lowest BCUT2D eigenvalue weighted by molar-refractivity contribution is 0.0937. The number of sulfone groups is 1. The van der Waals surface area contributed by atoms with Gasteiger partial charge in [0.05, 0.1) is 16.4 Å². The van der Waals surface area contributed by atoms with Crippen LogP contribution in [-0.2, 0) is 9.84 Å². The molecule has 1 aromatic rings. The summed E-state index contributed by atoms with van der Waals surface area (Å²) in [6.07, 6.45) is 0.425. The smallest absolute Gasteiger partial charge is 0.176 e. The molecule has 1 saturated heterocycles. The molecule has 0 aliphatic carbocycles. The molecule has 3 nitrogen and oxygen atoms in total. The van der Waals surface area contributed by atoms with Crippen LogP contribution in [0.15, 0.2) is 10.5 Å². The zero-order valence-corrected chi connectivity index (χ0v) is 12.0. The summed E-state index contributed by atoms with van der Waals surface area (Å²) in [6, 6.07) is 1.65. The molecule has 1 fully saturated rings. The van der Waals surface area contributed by atoms with Crippen LogP contribution >= 0.6 is 38.9 Å². The first kappa shape index (κ1) is 12.5. The van der Waals surface area contributed by atoms with Gasteiger partial charge in [0.1, 0.15) is 4.34 Å². The molecule has 1 aliphatic rings. The Morgan fingerprint density at radius 2 is 2.25 bits per heavy atom. The molecular formula is C9H8BrClO3S2. The van der Waals surface area contributed by atoms with Crippen molar-refractivity contribution in [3.8, 4) is 0 Å². The highest BCUT2D eigenvalue weighted by atomic mass is 79.9. The van der Waals surface area contributed by atoms with Crippen LogP contribution in [-0.4, -0.2) is 25.7 Å². The molecule has 1 atom stereocenters. The maximum atomic E-state index is 12.0. The van der Waals surface area contributed by atoms with Crippen molar-refractivity contribution >= 4 is 54.5 Å². The van der Waals surface area contributed by atoms with Crippen molar-refractivity contribution < 1.29 is 13.2 Å². The first-order valence-corrected chi connectivity index (χ1v) is 8.39. The van der Waals surface area contributed by atoms with Gasteiger partial charge in [0, 0.05) is 10.4 Å². The van der Waals surface area contributed by atoms with Crippen LogP contribution in [0.3, 0.4) is 0 Å². The second-order valence-electron chi connectivity index (χ2n) is 3.70. The molecule has 0 saturated carbocycles. The molecule has 1 aromatic heterocycles. The van der Waals surface area contributed by atoms with E-state index in [1.807, 2.05) is 0 Å². The van der Waals surface area contributed by atoms with Gasteiger partial charge in [0.15, 0.2) is 15.6 Å². The predicted molar refractivity (Wildman–Crippen MR) is 68.1 cm³/mol. The molecule has 0 aromatic carbocycles. The molecule has 2 rings (SSSR count). The zero-order chi connectivity index (χ0) is 11.9. The largest absolute Gasteiger partial charge is 0.293 e. The minimum atomic E-state index is -3.01. The Labute approximate surface area is 111 Å². The van der Waals surface area contributed by atoms with E-state index in [2.05, 4.69) is 15.9 Å².